The topological polar surface area (TPSA) is 91.0 Å². The van der Waals surface area contributed by atoms with Gasteiger partial charge in [-0.25, -0.2) is 4.98 Å². The normalized spacial score (nSPS) is 11.2. The number of halogens is 3. The average Bonchev–Trinajstić information content (AvgIpc) is 3.21. The number of phenolic OH excluding ortho intramolecular Hbond substituents is 1. The van der Waals surface area contributed by atoms with E-state index in [4.69, 9.17) is 18.6 Å². The second kappa shape index (κ2) is 11.7. The van der Waals surface area contributed by atoms with E-state index in [0.29, 0.717) is 27.3 Å². The zero-order chi connectivity index (χ0) is 24.0. The molecule has 32 heavy (non-hydrogen) atoms. The SMILES string of the molecule is COc1cc(-c2ncoc2C)cc(OC)c1Br.COc1cc(C(=O)C(C)Br)cc(O)c1Br. The smallest absolute Gasteiger partial charge is 0.181 e. The molecule has 0 amide bonds. The van der Waals surface area contributed by atoms with Crippen molar-refractivity contribution in [2.75, 3.05) is 21.3 Å². The van der Waals surface area contributed by atoms with E-state index in [9.17, 15) is 9.90 Å². The largest absolute Gasteiger partial charge is 0.507 e. The molecule has 0 aliphatic heterocycles. The Morgan fingerprint density at radius 2 is 1.53 bits per heavy atom. The first kappa shape index (κ1) is 26.2. The molecule has 2 aromatic carbocycles. The second-order valence-corrected chi connectivity index (χ2v) is 9.40. The van der Waals surface area contributed by atoms with Crippen LogP contribution >= 0.6 is 47.8 Å². The number of alkyl halides is 1. The number of oxazole rings is 1. The van der Waals surface area contributed by atoms with Gasteiger partial charge in [-0.1, -0.05) is 15.9 Å². The molecule has 10 heteroatoms. The second-order valence-electron chi connectivity index (χ2n) is 6.44. The predicted molar refractivity (Wildman–Crippen MR) is 133 cm³/mol. The fourth-order valence-electron chi connectivity index (χ4n) is 2.69. The number of ketones is 1. The number of carbonyl (C=O) groups excluding carboxylic acids is 1. The number of aromatic nitrogens is 1. The van der Waals surface area contributed by atoms with Crippen LogP contribution in [0.25, 0.3) is 11.3 Å². The number of Topliss-reactive ketones (excluding diaryl/α,β-unsaturated/α-hetero) is 1. The van der Waals surface area contributed by atoms with Crippen molar-refractivity contribution >= 4 is 53.6 Å². The van der Waals surface area contributed by atoms with Crippen LogP contribution in [0, 0.1) is 6.92 Å². The fraction of sp³-hybridized carbons (Fsp3) is 0.273. The molecule has 0 radical (unpaired) electrons. The lowest BCUT2D eigenvalue weighted by Gasteiger charge is -2.10. The van der Waals surface area contributed by atoms with Crippen LogP contribution < -0.4 is 14.2 Å². The maximum atomic E-state index is 11.6. The fourth-order valence-corrected chi connectivity index (χ4v) is 3.90. The van der Waals surface area contributed by atoms with E-state index in [-0.39, 0.29) is 16.4 Å². The monoisotopic (exact) mass is 633 g/mol. The molecule has 0 saturated heterocycles. The third kappa shape index (κ3) is 6.05. The molecule has 3 rings (SSSR count). The van der Waals surface area contributed by atoms with Crippen molar-refractivity contribution in [2.45, 2.75) is 18.7 Å². The van der Waals surface area contributed by atoms with E-state index in [1.807, 2.05) is 19.1 Å². The molecule has 172 valence electrons. The van der Waals surface area contributed by atoms with Gasteiger partial charge in [0, 0.05) is 11.1 Å². The summed E-state index contributed by atoms with van der Waals surface area (Å²) in [7, 11) is 4.70. The summed E-state index contributed by atoms with van der Waals surface area (Å²) in [5.74, 6) is 2.48. The molecule has 7 nitrogen and oxygen atoms in total. The van der Waals surface area contributed by atoms with Gasteiger partial charge in [-0.15, -0.1) is 0 Å². The van der Waals surface area contributed by atoms with E-state index >= 15 is 0 Å². The Morgan fingerprint density at radius 1 is 1.00 bits per heavy atom. The maximum absolute atomic E-state index is 11.6. The molecule has 0 aliphatic carbocycles. The van der Waals surface area contributed by atoms with E-state index < -0.39 is 0 Å². The number of hydrogen-bond acceptors (Lipinski definition) is 7. The molecule has 1 heterocycles. The average molecular weight is 636 g/mol. The van der Waals surface area contributed by atoms with Crippen molar-refractivity contribution in [3.05, 3.63) is 50.9 Å². The molecular formula is C22H22Br3NO6. The summed E-state index contributed by atoms with van der Waals surface area (Å²) >= 11 is 9.77. The Morgan fingerprint density at radius 3 is 1.97 bits per heavy atom. The molecule has 3 aromatic rings. The molecule has 1 atom stereocenters. The number of rotatable bonds is 6. The van der Waals surface area contributed by atoms with Gasteiger partial charge in [-0.3, -0.25) is 4.79 Å². The molecule has 1 unspecified atom stereocenters. The maximum Gasteiger partial charge on any atom is 0.181 e. The molecule has 0 fully saturated rings. The highest BCUT2D eigenvalue weighted by atomic mass is 79.9. The Bertz CT molecular complexity index is 1070. The summed E-state index contributed by atoms with van der Waals surface area (Å²) in [6.45, 7) is 3.59. The number of aromatic hydroxyl groups is 1. The number of ether oxygens (including phenoxy) is 3. The van der Waals surface area contributed by atoms with E-state index in [1.165, 1.54) is 19.6 Å². The Balaban J connectivity index is 0.000000229. The molecule has 0 saturated carbocycles. The summed E-state index contributed by atoms with van der Waals surface area (Å²) < 4.78 is 22.0. The van der Waals surface area contributed by atoms with Gasteiger partial charge >= 0.3 is 0 Å². The Labute approximate surface area is 211 Å². The third-order valence-corrected chi connectivity index (χ3v) is 6.34. The minimum absolute atomic E-state index is 0.00847. The van der Waals surface area contributed by atoms with Gasteiger partial charge in [0.25, 0.3) is 0 Å². The van der Waals surface area contributed by atoms with Crippen molar-refractivity contribution in [1.82, 2.24) is 4.98 Å². The number of aryl methyl sites for hydroxylation is 1. The van der Waals surface area contributed by atoms with Crippen LogP contribution in [0.2, 0.25) is 0 Å². The van der Waals surface area contributed by atoms with Gasteiger partial charge in [-0.2, -0.15) is 0 Å². The first-order valence-electron chi connectivity index (χ1n) is 9.21. The summed E-state index contributed by atoms with van der Waals surface area (Å²) in [4.78, 5) is 15.5. The standard InChI is InChI=1S/C12H12BrNO3.C10H10Br2O3/c1-7-12(14-6-17-7)8-4-9(15-2)11(13)10(5-8)16-3;1-5(11)10(14)6-3-7(13)9(12)8(4-6)15-2/h4-6H,1-3H3;3-5,13H,1-2H3. The van der Waals surface area contributed by atoms with Gasteiger partial charge in [0.15, 0.2) is 12.2 Å². The van der Waals surface area contributed by atoms with Crippen LogP contribution in [0.1, 0.15) is 23.0 Å². The summed E-state index contributed by atoms with van der Waals surface area (Å²) in [6, 6.07) is 6.77. The van der Waals surface area contributed by atoms with Gasteiger partial charge < -0.3 is 23.7 Å². The zero-order valence-corrected chi connectivity index (χ0v) is 22.8. The van der Waals surface area contributed by atoms with Crippen LogP contribution in [0.5, 0.6) is 23.0 Å². The van der Waals surface area contributed by atoms with Gasteiger partial charge in [0.2, 0.25) is 0 Å². The number of phenols is 1. The molecule has 0 spiro atoms. The summed E-state index contributed by atoms with van der Waals surface area (Å²) in [5, 5.41) is 9.55. The Hall–Kier alpha value is -2.04. The van der Waals surface area contributed by atoms with Crippen molar-refractivity contribution < 1.29 is 28.5 Å². The van der Waals surface area contributed by atoms with Crippen LogP contribution in [0.3, 0.4) is 0 Å². The first-order chi connectivity index (χ1) is 15.1. The van der Waals surface area contributed by atoms with Gasteiger partial charge in [-0.05, 0) is 70.0 Å². The third-order valence-electron chi connectivity index (χ3n) is 4.35. The lowest BCUT2D eigenvalue weighted by atomic mass is 10.1. The number of nitrogens with zero attached hydrogens (tertiary/aromatic N) is 1. The van der Waals surface area contributed by atoms with E-state index in [2.05, 4.69) is 52.8 Å². The lowest BCUT2D eigenvalue weighted by molar-refractivity contribution is 0.0995. The summed E-state index contributed by atoms with van der Waals surface area (Å²) in [6.07, 6.45) is 1.42. The summed E-state index contributed by atoms with van der Waals surface area (Å²) in [5.41, 5.74) is 2.10. The zero-order valence-electron chi connectivity index (χ0n) is 18.0. The van der Waals surface area contributed by atoms with Crippen molar-refractivity contribution in [1.29, 1.82) is 0 Å². The highest BCUT2D eigenvalue weighted by Crippen LogP contribution is 2.39. The van der Waals surface area contributed by atoms with Crippen molar-refractivity contribution in [3.63, 3.8) is 0 Å². The molecule has 1 aromatic heterocycles. The minimum atomic E-state index is -0.289. The first-order valence-corrected chi connectivity index (χ1v) is 11.7. The van der Waals surface area contributed by atoms with E-state index in [1.54, 1.807) is 27.2 Å². The predicted octanol–water partition coefficient (Wildman–Crippen LogP) is 6.56. The lowest BCUT2D eigenvalue weighted by Crippen LogP contribution is -2.10. The number of benzene rings is 2. The number of methoxy groups -OCH3 is 3. The Kier molecular flexibility index (Phi) is 9.60. The van der Waals surface area contributed by atoms with Crippen LogP contribution in [0.15, 0.2) is 44.0 Å². The number of carbonyl (C=O) groups is 1. The van der Waals surface area contributed by atoms with Crippen molar-refractivity contribution in [3.8, 4) is 34.3 Å². The van der Waals surface area contributed by atoms with Crippen LogP contribution in [-0.4, -0.2) is 42.0 Å². The molecule has 1 N–H and O–H groups in total. The molecule has 0 aliphatic rings. The van der Waals surface area contributed by atoms with Crippen LogP contribution in [-0.2, 0) is 0 Å². The van der Waals surface area contributed by atoms with Gasteiger partial charge in [0.1, 0.15) is 43.4 Å². The minimum Gasteiger partial charge on any atom is -0.507 e. The highest BCUT2D eigenvalue weighted by molar-refractivity contribution is 9.11. The molecule has 0 bridgehead atoms. The highest BCUT2D eigenvalue weighted by Gasteiger charge is 2.17. The van der Waals surface area contributed by atoms with Crippen molar-refractivity contribution in [2.24, 2.45) is 0 Å². The van der Waals surface area contributed by atoms with Crippen LogP contribution in [0.4, 0.5) is 0 Å². The number of hydrogen-bond donors (Lipinski definition) is 1. The van der Waals surface area contributed by atoms with E-state index in [0.717, 1.165) is 21.5 Å². The quantitative estimate of drug-likeness (QED) is 0.242. The van der Waals surface area contributed by atoms with Gasteiger partial charge in [0.05, 0.1) is 26.2 Å². The molecular weight excluding hydrogens is 614 g/mol.